The average Bonchev–Trinajstić information content (AvgIpc) is 3.04. The number of rotatable bonds is 2. The molecule has 6 heteroatoms. The molecule has 0 spiro atoms. The number of hydrogen-bond acceptors (Lipinski definition) is 5. The molecular formula is C15H15FN2O2S. The first kappa shape index (κ1) is 14.2. The number of halogens is 1. The van der Waals surface area contributed by atoms with Gasteiger partial charge in [-0.05, 0) is 23.7 Å². The third kappa shape index (κ3) is 2.45. The lowest BCUT2D eigenvalue weighted by Crippen LogP contribution is -2.15. The zero-order valence-electron chi connectivity index (χ0n) is 11.9. The van der Waals surface area contributed by atoms with E-state index >= 15 is 0 Å². The van der Waals surface area contributed by atoms with Crippen LogP contribution in [0, 0.1) is 5.82 Å². The molecule has 0 saturated heterocycles. The van der Waals surface area contributed by atoms with E-state index in [1.54, 1.807) is 18.2 Å². The minimum atomic E-state index is -0.994. The number of nitrogens with zero attached hydrogens (tertiary/aromatic N) is 2. The lowest BCUT2D eigenvalue weighted by atomic mass is 9.90. The van der Waals surface area contributed by atoms with Crippen LogP contribution in [0.15, 0.2) is 28.7 Å². The summed E-state index contributed by atoms with van der Waals surface area (Å²) >= 11 is 1.13. The minimum Gasteiger partial charge on any atom is -0.455 e. The molecule has 0 aliphatic rings. The molecule has 1 aromatic carbocycles. The van der Waals surface area contributed by atoms with Crippen LogP contribution < -0.4 is 0 Å². The smallest absolute Gasteiger partial charge is 0.170 e. The highest BCUT2D eigenvalue weighted by Crippen LogP contribution is 2.35. The molecule has 2 heterocycles. The number of aliphatic hydroxyl groups excluding tert-OH is 1. The van der Waals surface area contributed by atoms with Crippen molar-refractivity contribution in [2.24, 2.45) is 0 Å². The number of aromatic nitrogens is 2. The van der Waals surface area contributed by atoms with Crippen molar-refractivity contribution in [1.82, 2.24) is 9.59 Å². The molecule has 110 valence electrons. The second-order valence-corrected chi connectivity index (χ2v) is 6.73. The van der Waals surface area contributed by atoms with Crippen LogP contribution in [0.1, 0.15) is 43.2 Å². The van der Waals surface area contributed by atoms with Gasteiger partial charge in [0.2, 0.25) is 0 Å². The molecule has 0 amide bonds. The van der Waals surface area contributed by atoms with Crippen molar-refractivity contribution in [1.29, 1.82) is 0 Å². The van der Waals surface area contributed by atoms with Crippen LogP contribution in [0.2, 0.25) is 0 Å². The molecule has 0 bridgehead atoms. The van der Waals surface area contributed by atoms with Gasteiger partial charge in [-0.25, -0.2) is 4.39 Å². The number of hydrogen-bond donors (Lipinski definition) is 1. The van der Waals surface area contributed by atoms with Gasteiger partial charge in [0.1, 0.15) is 11.9 Å². The lowest BCUT2D eigenvalue weighted by Gasteiger charge is -2.18. The molecule has 1 N–H and O–H groups in total. The molecular weight excluding hydrogens is 291 g/mol. The third-order valence-corrected chi connectivity index (χ3v) is 4.03. The summed E-state index contributed by atoms with van der Waals surface area (Å²) in [6, 6.07) is 6.33. The summed E-state index contributed by atoms with van der Waals surface area (Å²) in [7, 11) is 0. The minimum absolute atomic E-state index is 0.154. The Morgan fingerprint density at radius 2 is 2.10 bits per heavy atom. The number of aliphatic hydroxyl groups is 1. The van der Waals surface area contributed by atoms with Crippen molar-refractivity contribution in [2.45, 2.75) is 32.3 Å². The lowest BCUT2D eigenvalue weighted by molar-refractivity contribution is 0.193. The molecule has 0 aliphatic carbocycles. The maximum Gasteiger partial charge on any atom is 0.170 e. The molecule has 0 saturated carbocycles. The highest BCUT2D eigenvalue weighted by Gasteiger charge is 2.29. The maximum absolute atomic E-state index is 13.7. The van der Waals surface area contributed by atoms with Gasteiger partial charge in [0.15, 0.2) is 11.4 Å². The van der Waals surface area contributed by atoms with Gasteiger partial charge in [-0.1, -0.05) is 37.4 Å². The molecule has 2 aromatic heterocycles. The van der Waals surface area contributed by atoms with Crippen molar-refractivity contribution in [3.8, 4) is 0 Å². The van der Waals surface area contributed by atoms with Gasteiger partial charge in [-0.3, -0.25) is 0 Å². The fourth-order valence-corrected chi connectivity index (χ4v) is 3.07. The van der Waals surface area contributed by atoms with E-state index in [9.17, 15) is 9.50 Å². The highest BCUT2D eigenvalue weighted by molar-refractivity contribution is 7.05. The van der Waals surface area contributed by atoms with E-state index in [0.717, 1.165) is 17.2 Å². The average molecular weight is 306 g/mol. The molecule has 3 aromatic rings. The van der Waals surface area contributed by atoms with Crippen LogP contribution in [0.5, 0.6) is 0 Å². The van der Waals surface area contributed by atoms with Gasteiger partial charge < -0.3 is 9.52 Å². The fraction of sp³-hybridized carbons (Fsp3) is 0.333. The predicted octanol–water partition coefficient (Wildman–Crippen LogP) is 3.80. The number of furan rings is 1. The zero-order chi connectivity index (χ0) is 15.2. The van der Waals surface area contributed by atoms with E-state index in [2.05, 4.69) is 9.59 Å². The normalized spacial score (nSPS) is 13.8. The van der Waals surface area contributed by atoms with Gasteiger partial charge in [0, 0.05) is 10.8 Å². The van der Waals surface area contributed by atoms with E-state index in [1.807, 2.05) is 20.8 Å². The molecule has 1 unspecified atom stereocenters. The summed E-state index contributed by atoms with van der Waals surface area (Å²) in [5.74, 6) is -0.143. The van der Waals surface area contributed by atoms with Crippen molar-refractivity contribution in [3.63, 3.8) is 0 Å². The fourth-order valence-electron chi connectivity index (χ4n) is 2.21. The Balaban J connectivity index is 2.07. The second-order valence-electron chi connectivity index (χ2n) is 5.95. The predicted molar refractivity (Wildman–Crippen MR) is 78.8 cm³/mol. The Morgan fingerprint density at radius 1 is 1.33 bits per heavy atom. The highest BCUT2D eigenvalue weighted by atomic mass is 32.1. The Kier molecular flexibility index (Phi) is 3.30. The maximum atomic E-state index is 13.7. The van der Waals surface area contributed by atoms with Crippen molar-refractivity contribution < 1.29 is 13.9 Å². The summed E-state index contributed by atoms with van der Waals surface area (Å²) in [5, 5.41) is 15.3. The summed E-state index contributed by atoms with van der Waals surface area (Å²) in [5.41, 5.74) is 0.642. The van der Waals surface area contributed by atoms with Gasteiger partial charge in [0.25, 0.3) is 0 Å². The largest absolute Gasteiger partial charge is 0.455 e. The van der Waals surface area contributed by atoms with E-state index in [1.165, 1.54) is 6.07 Å². The van der Waals surface area contributed by atoms with Gasteiger partial charge in [0.05, 0.1) is 10.6 Å². The topological polar surface area (TPSA) is 59.2 Å². The van der Waals surface area contributed by atoms with Crippen LogP contribution in [-0.4, -0.2) is 14.7 Å². The SMILES string of the molecule is CC(C)(C)c1nnsc1C(O)c1cc2cccc(F)c2o1. The van der Waals surface area contributed by atoms with Crippen molar-refractivity contribution in [2.75, 3.05) is 0 Å². The quantitative estimate of drug-likeness (QED) is 0.782. The molecule has 0 radical (unpaired) electrons. The number of fused-ring (bicyclic) bond motifs is 1. The molecule has 1 atom stereocenters. The summed E-state index contributed by atoms with van der Waals surface area (Å²) in [4.78, 5) is 0.627. The van der Waals surface area contributed by atoms with Crippen LogP contribution in [0.4, 0.5) is 4.39 Å². The van der Waals surface area contributed by atoms with E-state index in [-0.39, 0.29) is 11.0 Å². The van der Waals surface area contributed by atoms with E-state index in [0.29, 0.717) is 16.0 Å². The first-order valence-electron chi connectivity index (χ1n) is 6.56. The summed E-state index contributed by atoms with van der Waals surface area (Å²) in [6.45, 7) is 5.99. The standard InChI is InChI=1S/C15H15FN2O2S/c1-15(2,3)14-13(21-18-17-14)11(19)10-7-8-5-4-6-9(16)12(8)20-10/h4-7,11,19H,1-3H3. The molecule has 4 nitrogen and oxygen atoms in total. The van der Waals surface area contributed by atoms with E-state index in [4.69, 9.17) is 4.42 Å². The third-order valence-electron chi connectivity index (χ3n) is 3.26. The summed E-state index contributed by atoms with van der Waals surface area (Å²) < 4.78 is 23.1. The molecule has 21 heavy (non-hydrogen) atoms. The van der Waals surface area contributed by atoms with Crippen molar-refractivity contribution >= 4 is 22.5 Å². The van der Waals surface area contributed by atoms with Crippen molar-refractivity contribution in [3.05, 3.63) is 46.4 Å². The van der Waals surface area contributed by atoms with E-state index < -0.39 is 11.9 Å². The van der Waals surface area contributed by atoms with Gasteiger partial charge in [-0.2, -0.15) is 0 Å². The Morgan fingerprint density at radius 3 is 2.76 bits per heavy atom. The van der Waals surface area contributed by atoms with Gasteiger partial charge in [-0.15, -0.1) is 5.10 Å². The van der Waals surface area contributed by atoms with Crippen LogP contribution in [0.3, 0.4) is 0 Å². The number of para-hydroxylation sites is 1. The summed E-state index contributed by atoms with van der Waals surface area (Å²) in [6.07, 6.45) is -0.994. The Labute approximate surface area is 125 Å². The van der Waals surface area contributed by atoms with Crippen LogP contribution in [0.25, 0.3) is 11.0 Å². The Bertz CT molecular complexity index is 788. The molecule has 3 rings (SSSR count). The monoisotopic (exact) mass is 306 g/mol. The van der Waals surface area contributed by atoms with Crippen LogP contribution in [-0.2, 0) is 5.41 Å². The first-order valence-corrected chi connectivity index (χ1v) is 7.34. The first-order chi connectivity index (χ1) is 9.88. The van der Waals surface area contributed by atoms with Crippen LogP contribution >= 0.6 is 11.5 Å². The molecule has 0 aliphatic heterocycles. The zero-order valence-corrected chi connectivity index (χ0v) is 12.7. The Hall–Kier alpha value is -1.79. The number of benzene rings is 1. The second kappa shape index (κ2) is 4.89. The molecule has 0 fully saturated rings. The van der Waals surface area contributed by atoms with Gasteiger partial charge >= 0.3 is 0 Å².